The summed E-state index contributed by atoms with van der Waals surface area (Å²) in [5.74, 6) is 0.807. The zero-order valence-corrected chi connectivity index (χ0v) is 10.1. The monoisotopic (exact) mass is 188 g/mol. The molecular weight excluding hydrogens is 160 g/mol. The Morgan fingerprint density at radius 1 is 1.08 bits per heavy atom. The quantitative estimate of drug-likeness (QED) is 0.684. The van der Waals surface area contributed by atoms with Crippen LogP contribution >= 0.6 is 0 Å². The molecule has 0 aromatic rings. The molecule has 0 saturated carbocycles. The molecule has 0 bridgehead atoms. The Labute approximate surface area is 84.5 Å². The first-order valence-electron chi connectivity index (χ1n) is 5.71. The van der Waals surface area contributed by atoms with Gasteiger partial charge in [-0.15, -0.1) is 0 Å². The molecule has 0 radical (unpaired) electrons. The second-order valence-electron chi connectivity index (χ2n) is 2.98. The van der Waals surface area contributed by atoms with Crippen LogP contribution in [-0.4, -0.2) is 31.6 Å². The lowest BCUT2D eigenvalue weighted by Gasteiger charge is -2.27. The first kappa shape index (κ1) is 15.4. The average molecular weight is 188 g/mol. The smallest absolute Gasteiger partial charge is 0.00187 e. The van der Waals surface area contributed by atoms with Gasteiger partial charge in [0, 0.05) is 0 Å². The zero-order chi connectivity index (χ0) is 10.7. The summed E-state index contributed by atoms with van der Waals surface area (Å²) >= 11 is 0. The number of hydrogen-bond donors (Lipinski definition) is 1. The third-order valence-electron chi connectivity index (χ3n) is 2.17. The third kappa shape index (κ3) is 8.26. The lowest BCUT2D eigenvalue weighted by Crippen LogP contribution is -2.33. The van der Waals surface area contributed by atoms with E-state index in [0.717, 1.165) is 12.5 Å². The van der Waals surface area contributed by atoms with Gasteiger partial charge in [0.1, 0.15) is 0 Å². The highest BCUT2D eigenvalue weighted by Gasteiger charge is 2.13. The van der Waals surface area contributed by atoms with Crippen LogP contribution in [0.15, 0.2) is 0 Å². The van der Waals surface area contributed by atoms with E-state index in [1.54, 1.807) is 0 Å². The van der Waals surface area contributed by atoms with Gasteiger partial charge in [0.05, 0.1) is 0 Å². The molecule has 1 rings (SSSR count). The molecule has 2 nitrogen and oxygen atoms in total. The van der Waals surface area contributed by atoms with Crippen LogP contribution in [0.1, 0.15) is 40.5 Å². The highest BCUT2D eigenvalue weighted by atomic mass is 15.1. The SMILES string of the molecule is CC.CC.CN1CCC(CN)CC1. The summed E-state index contributed by atoms with van der Waals surface area (Å²) in [4.78, 5) is 2.37. The molecule has 1 heterocycles. The van der Waals surface area contributed by atoms with Gasteiger partial charge in [-0.05, 0) is 45.4 Å². The minimum atomic E-state index is 0.807. The van der Waals surface area contributed by atoms with E-state index in [1.807, 2.05) is 27.7 Å². The van der Waals surface area contributed by atoms with Gasteiger partial charge in [-0.25, -0.2) is 0 Å². The van der Waals surface area contributed by atoms with Crippen molar-refractivity contribution in [3.05, 3.63) is 0 Å². The van der Waals surface area contributed by atoms with E-state index in [2.05, 4.69) is 11.9 Å². The van der Waals surface area contributed by atoms with Crippen LogP contribution in [0.3, 0.4) is 0 Å². The molecule has 1 aliphatic rings. The maximum atomic E-state index is 5.53. The predicted molar refractivity (Wildman–Crippen MR) is 62.0 cm³/mol. The van der Waals surface area contributed by atoms with Crippen molar-refractivity contribution in [2.75, 3.05) is 26.7 Å². The predicted octanol–water partition coefficient (Wildman–Crippen LogP) is 2.34. The number of piperidine rings is 1. The van der Waals surface area contributed by atoms with Crippen molar-refractivity contribution in [3.8, 4) is 0 Å². The van der Waals surface area contributed by atoms with Crippen LogP contribution in [-0.2, 0) is 0 Å². The van der Waals surface area contributed by atoms with Crippen molar-refractivity contribution in [2.24, 2.45) is 11.7 Å². The van der Waals surface area contributed by atoms with Crippen molar-refractivity contribution < 1.29 is 0 Å². The molecule has 0 aliphatic carbocycles. The fourth-order valence-corrected chi connectivity index (χ4v) is 1.30. The van der Waals surface area contributed by atoms with Gasteiger partial charge in [-0.2, -0.15) is 0 Å². The van der Waals surface area contributed by atoms with Crippen molar-refractivity contribution in [1.29, 1.82) is 0 Å². The summed E-state index contributed by atoms with van der Waals surface area (Å²) < 4.78 is 0. The van der Waals surface area contributed by atoms with Crippen molar-refractivity contribution >= 4 is 0 Å². The molecular formula is C11H28N2. The largest absolute Gasteiger partial charge is 0.330 e. The normalized spacial score (nSPS) is 18.0. The summed E-state index contributed by atoms with van der Waals surface area (Å²) in [6.45, 7) is 11.4. The summed E-state index contributed by atoms with van der Waals surface area (Å²) in [5, 5.41) is 0. The van der Waals surface area contributed by atoms with E-state index < -0.39 is 0 Å². The third-order valence-corrected chi connectivity index (χ3v) is 2.17. The summed E-state index contributed by atoms with van der Waals surface area (Å²) in [7, 11) is 2.17. The number of likely N-dealkylation sites (tertiary alicyclic amines) is 1. The Morgan fingerprint density at radius 3 is 1.77 bits per heavy atom. The Kier molecular flexibility index (Phi) is 14.1. The fourth-order valence-electron chi connectivity index (χ4n) is 1.30. The molecule has 2 heteroatoms. The van der Waals surface area contributed by atoms with Gasteiger partial charge >= 0.3 is 0 Å². The highest BCUT2D eigenvalue weighted by Crippen LogP contribution is 2.13. The number of nitrogens with zero attached hydrogens (tertiary/aromatic N) is 1. The topological polar surface area (TPSA) is 29.3 Å². The van der Waals surface area contributed by atoms with Crippen LogP contribution < -0.4 is 5.73 Å². The van der Waals surface area contributed by atoms with Gasteiger partial charge in [-0.1, -0.05) is 27.7 Å². The summed E-state index contributed by atoms with van der Waals surface area (Å²) in [5.41, 5.74) is 5.53. The highest BCUT2D eigenvalue weighted by molar-refractivity contribution is 4.69. The Morgan fingerprint density at radius 2 is 1.46 bits per heavy atom. The minimum Gasteiger partial charge on any atom is -0.330 e. The van der Waals surface area contributed by atoms with Crippen molar-refractivity contribution in [3.63, 3.8) is 0 Å². The number of rotatable bonds is 1. The van der Waals surface area contributed by atoms with Crippen molar-refractivity contribution in [2.45, 2.75) is 40.5 Å². The van der Waals surface area contributed by atoms with E-state index in [-0.39, 0.29) is 0 Å². The van der Waals surface area contributed by atoms with Crippen molar-refractivity contribution in [1.82, 2.24) is 4.90 Å². The van der Waals surface area contributed by atoms with E-state index in [9.17, 15) is 0 Å². The Hall–Kier alpha value is -0.0800. The second kappa shape index (κ2) is 11.9. The molecule has 0 aromatic carbocycles. The molecule has 1 fully saturated rings. The number of nitrogens with two attached hydrogens (primary N) is 1. The molecule has 1 aliphatic heterocycles. The average Bonchev–Trinajstić information content (AvgIpc) is 2.25. The molecule has 0 amide bonds. The van der Waals surface area contributed by atoms with Gasteiger partial charge in [0.25, 0.3) is 0 Å². The van der Waals surface area contributed by atoms with E-state index in [1.165, 1.54) is 25.9 Å². The van der Waals surface area contributed by atoms with Gasteiger partial charge in [0.15, 0.2) is 0 Å². The number of hydrogen-bond acceptors (Lipinski definition) is 2. The maximum absolute atomic E-state index is 5.53. The molecule has 0 unspecified atom stereocenters. The molecule has 0 atom stereocenters. The van der Waals surface area contributed by atoms with Crippen LogP contribution in [0.25, 0.3) is 0 Å². The van der Waals surface area contributed by atoms with Gasteiger partial charge in [-0.3, -0.25) is 0 Å². The zero-order valence-electron chi connectivity index (χ0n) is 10.1. The maximum Gasteiger partial charge on any atom is -0.00187 e. The van der Waals surface area contributed by atoms with Gasteiger partial charge in [0.2, 0.25) is 0 Å². The lowest BCUT2D eigenvalue weighted by atomic mass is 9.98. The van der Waals surface area contributed by atoms with Gasteiger partial charge < -0.3 is 10.6 Å². The van der Waals surface area contributed by atoms with E-state index in [0.29, 0.717) is 0 Å². The fraction of sp³-hybridized carbons (Fsp3) is 1.00. The molecule has 13 heavy (non-hydrogen) atoms. The van der Waals surface area contributed by atoms with Crippen LogP contribution in [0.5, 0.6) is 0 Å². The Bertz CT molecular complexity index is 76.2. The molecule has 82 valence electrons. The first-order chi connectivity index (χ1) is 6.33. The summed E-state index contributed by atoms with van der Waals surface area (Å²) in [6, 6.07) is 0. The Balaban J connectivity index is 0. The van der Waals surface area contributed by atoms with E-state index >= 15 is 0 Å². The molecule has 0 spiro atoms. The minimum absolute atomic E-state index is 0.807. The summed E-state index contributed by atoms with van der Waals surface area (Å²) in [6.07, 6.45) is 2.60. The second-order valence-corrected chi connectivity index (χ2v) is 2.98. The molecule has 1 saturated heterocycles. The van der Waals surface area contributed by atoms with Crippen LogP contribution in [0.2, 0.25) is 0 Å². The molecule has 0 aromatic heterocycles. The molecule has 2 N–H and O–H groups in total. The first-order valence-corrected chi connectivity index (χ1v) is 5.71. The lowest BCUT2D eigenvalue weighted by molar-refractivity contribution is 0.223. The van der Waals surface area contributed by atoms with Crippen LogP contribution in [0.4, 0.5) is 0 Å². The van der Waals surface area contributed by atoms with Crippen LogP contribution in [0, 0.1) is 5.92 Å². The standard InChI is InChI=1S/C7H16N2.2C2H6/c1-9-4-2-7(6-8)3-5-9;2*1-2/h7H,2-6,8H2,1H3;2*1-2H3. The van der Waals surface area contributed by atoms with E-state index in [4.69, 9.17) is 5.73 Å².